The number of azo groups is 1. The lowest BCUT2D eigenvalue weighted by Crippen LogP contribution is -2.12. The second kappa shape index (κ2) is 6.32. The molecule has 0 fully saturated rings. The first-order valence-electron chi connectivity index (χ1n) is 5.46. The van der Waals surface area contributed by atoms with Crippen molar-refractivity contribution in [3.63, 3.8) is 0 Å². The first-order valence-corrected chi connectivity index (χ1v) is 5.46. The smallest absolute Gasteiger partial charge is 0.330 e. The molecule has 0 bridgehead atoms. The highest BCUT2D eigenvalue weighted by Gasteiger charge is 2.09. The van der Waals surface area contributed by atoms with Crippen LogP contribution in [0, 0.1) is 5.92 Å². The van der Waals surface area contributed by atoms with Crippen molar-refractivity contribution in [2.45, 2.75) is 38.6 Å². The van der Waals surface area contributed by atoms with Crippen molar-refractivity contribution in [3.05, 3.63) is 12.2 Å². The number of carbonyl (C=O) groups is 1. The van der Waals surface area contributed by atoms with Gasteiger partial charge in [0.2, 0.25) is 0 Å². The van der Waals surface area contributed by atoms with Crippen LogP contribution in [0.25, 0.3) is 0 Å². The lowest BCUT2D eigenvalue weighted by molar-refractivity contribution is -0.138. The molecule has 0 aromatic heterocycles. The van der Waals surface area contributed by atoms with Crippen LogP contribution in [0.15, 0.2) is 22.4 Å². The van der Waals surface area contributed by atoms with Crippen molar-refractivity contribution < 1.29 is 9.90 Å². The summed E-state index contributed by atoms with van der Waals surface area (Å²) in [6.45, 7) is 2.17. The molecule has 0 aromatic carbocycles. The van der Waals surface area contributed by atoms with E-state index in [4.69, 9.17) is 5.11 Å². The van der Waals surface area contributed by atoms with Crippen LogP contribution in [0.2, 0.25) is 0 Å². The molecule has 0 amide bonds. The predicted octanol–water partition coefficient (Wildman–Crippen LogP) is 2.66. The van der Waals surface area contributed by atoms with Gasteiger partial charge in [-0.1, -0.05) is 12.2 Å². The number of nitrogens with zero attached hydrogens (tertiary/aromatic N) is 2. The Kier molecular flexibility index (Phi) is 5.01. The minimum Gasteiger partial charge on any atom is -0.480 e. The van der Waals surface area contributed by atoms with E-state index in [2.05, 4.69) is 22.4 Å². The van der Waals surface area contributed by atoms with Crippen molar-refractivity contribution in [3.8, 4) is 0 Å². The van der Waals surface area contributed by atoms with Crippen LogP contribution >= 0.6 is 0 Å². The van der Waals surface area contributed by atoms with Gasteiger partial charge in [-0.05, 0) is 38.5 Å². The third-order valence-electron chi connectivity index (χ3n) is 2.57. The molecule has 0 saturated heterocycles. The highest BCUT2D eigenvalue weighted by molar-refractivity contribution is 5.72. The van der Waals surface area contributed by atoms with E-state index in [1.807, 2.05) is 0 Å². The molecule has 4 heteroatoms. The number of aliphatic carboxylic acids is 1. The van der Waals surface area contributed by atoms with Gasteiger partial charge in [-0.3, -0.25) is 0 Å². The lowest BCUT2D eigenvalue weighted by atomic mass is 9.93. The van der Waals surface area contributed by atoms with Crippen LogP contribution in [0.4, 0.5) is 0 Å². The van der Waals surface area contributed by atoms with Crippen molar-refractivity contribution in [2.24, 2.45) is 16.1 Å². The Hall–Kier alpha value is -1.19. The summed E-state index contributed by atoms with van der Waals surface area (Å²) in [4.78, 5) is 10.4. The van der Waals surface area contributed by atoms with Gasteiger partial charge in [-0.15, -0.1) is 0 Å². The number of carboxylic acid groups (broad SMARTS) is 1. The molecule has 4 nitrogen and oxygen atoms in total. The maximum atomic E-state index is 10.4. The number of rotatable bonds is 5. The number of allylic oxidation sites excluding steroid dienone is 2. The second-order valence-corrected chi connectivity index (χ2v) is 3.90. The van der Waals surface area contributed by atoms with Crippen LogP contribution in [-0.4, -0.2) is 23.7 Å². The Morgan fingerprint density at radius 2 is 2.47 bits per heavy atom. The summed E-state index contributed by atoms with van der Waals surface area (Å²) in [5.41, 5.74) is 0. The van der Waals surface area contributed by atoms with Crippen LogP contribution in [0.3, 0.4) is 0 Å². The number of hydrogen-bond donors (Lipinski definition) is 1. The maximum Gasteiger partial charge on any atom is 0.330 e. The third-order valence-corrected chi connectivity index (χ3v) is 2.57. The van der Waals surface area contributed by atoms with Gasteiger partial charge in [-0.25, -0.2) is 4.79 Å². The summed E-state index contributed by atoms with van der Waals surface area (Å²) in [5, 5.41) is 16.2. The van der Waals surface area contributed by atoms with E-state index in [1.54, 1.807) is 0 Å². The van der Waals surface area contributed by atoms with E-state index in [0.29, 0.717) is 12.5 Å². The first-order chi connectivity index (χ1) is 7.20. The van der Waals surface area contributed by atoms with Crippen molar-refractivity contribution in [1.82, 2.24) is 0 Å². The highest BCUT2D eigenvalue weighted by atomic mass is 16.4. The molecule has 0 radical (unpaired) electrons. The summed E-state index contributed by atoms with van der Waals surface area (Å²) in [6, 6.07) is -0.716. The zero-order valence-corrected chi connectivity index (χ0v) is 9.09. The van der Waals surface area contributed by atoms with E-state index in [9.17, 15) is 4.79 Å². The van der Waals surface area contributed by atoms with E-state index in [0.717, 1.165) is 6.42 Å². The Labute approximate surface area is 90.1 Å². The Morgan fingerprint density at radius 1 is 1.67 bits per heavy atom. The molecule has 0 spiro atoms. The van der Waals surface area contributed by atoms with Crippen molar-refractivity contribution in [2.75, 3.05) is 6.54 Å². The van der Waals surface area contributed by atoms with E-state index in [1.165, 1.54) is 26.2 Å². The quantitative estimate of drug-likeness (QED) is 0.560. The first kappa shape index (κ1) is 11.9. The minimum atomic E-state index is -0.920. The van der Waals surface area contributed by atoms with Crippen molar-refractivity contribution in [1.29, 1.82) is 0 Å². The third kappa shape index (κ3) is 4.72. The minimum absolute atomic E-state index is 0.609. The normalized spacial score (nSPS) is 23.1. The van der Waals surface area contributed by atoms with E-state index >= 15 is 0 Å². The molecular weight excluding hydrogens is 192 g/mol. The summed E-state index contributed by atoms with van der Waals surface area (Å²) >= 11 is 0. The van der Waals surface area contributed by atoms with Gasteiger partial charge < -0.3 is 5.11 Å². The fourth-order valence-corrected chi connectivity index (χ4v) is 1.58. The van der Waals surface area contributed by atoms with Crippen LogP contribution in [0.1, 0.15) is 32.6 Å². The largest absolute Gasteiger partial charge is 0.480 e. The number of carboxylic acids is 1. The van der Waals surface area contributed by atoms with Crippen LogP contribution < -0.4 is 0 Å². The summed E-state index contributed by atoms with van der Waals surface area (Å²) in [6.07, 6.45) is 9.09. The van der Waals surface area contributed by atoms with Crippen molar-refractivity contribution >= 4 is 5.97 Å². The summed E-state index contributed by atoms with van der Waals surface area (Å²) in [7, 11) is 0. The van der Waals surface area contributed by atoms with Gasteiger partial charge >= 0.3 is 5.97 Å². The molecule has 1 N–H and O–H groups in total. The maximum absolute atomic E-state index is 10.4. The standard InChI is InChI=1S/C11H18N2O2/c1-9(11(14)15)13-12-8-7-10-5-3-2-4-6-10/h3,5,9-10H,2,4,6-8H2,1H3,(H,14,15). The van der Waals surface area contributed by atoms with Gasteiger partial charge in [-0.2, -0.15) is 10.2 Å². The van der Waals surface area contributed by atoms with Gasteiger partial charge in [0.05, 0.1) is 6.54 Å². The average molecular weight is 210 g/mol. The molecule has 2 atom stereocenters. The molecule has 0 aromatic rings. The van der Waals surface area contributed by atoms with Gasteiger partial charge in [0, 0.05) is 0 Å². The van der Waals surface area contributed by atoms with E-state index < -0.39 is 12.0 Å². The van der Waals surface area contributed by atoms with Crippen LogP contribution in [0.5, 0.6) is 0 Å². The molecule has 0 heterocycles. The molecular formula is C11H18N2O2. The second-order valence-electron chi connectivity index (χ2n) is 3.90. The van der Waals surface area contributed by atoms with Gasteiger partial charge in [0.1, 0.15) is 0 Å². The average Bonchev–Trinajstić information content (AvgIpc) is 2.25. The topological polar surface area (TPSA) is 62.0 Å². The highest BCUT2D eigenvalue weighted by Crippen LogP contribution is 2.19. The predicted molar refractivity (Wildman–Crippen MR) is 57.9 cm³/mol. The van der Waals surface area contributed by atoms with Gasteiger partial charge in [0.15, 0.2) is 6.04 Å². The zero-order chi connectivity index (χ0) is 11.1. The Balaban J connectivity index is 2.17. The van der Waals surface area contributed by atoms with Crippen LogP contribution in [-0.2, 0) is 4.79 Å². The molecule has 1 rings (SSSR count). The molecule has 2 unspecified atom stereocenters. The zero-order valence-electron chi connectivity index (χ0n) is 9.09. The number of hydrogen-bond acceptors (Lipinski definition) is 3. The fraction of sp³-hybridized carbons (Fsp3) is 0.727. The monoisotopic (exact) mass is 210 g/mol. The lowest BCUT2D eigenvalue weighted by Gasteiger charge is -2.14. The molecule has 15 heavy (non-hydrogen) atoms. The van der Waals surface area contributed by atoms with E-state index in [-0.39, 0.29) is 0 Å². The van der Waals surface area contributed by atoms with Gasteiger partial charge in [0.25, 0.3) is 0 Å². The Bertz CT molecular complexity index is 261. The molecule has 1 aliphatic carbocycles. The molecule has 84 valence electrons. The fourth-order valence-electron chi connectivity index (χ4n) is 1.58. The summed E-state index contributed by atoms with van der Waals surface area (Å²) < 4.78 is 0. The summed E-state index contributed by atoms with van der Waals surface area (Å²) in [5.74, 6) is -0.311. The SMILES string of the molecule is CC(N=NCCC1C=CCCC1)C(=O)O. The Morgan fingerprint density at radius 3 is 3.07 bits per heavy atom. The molecule has 1 aliphatic rings. The molecule has 0 aliphatic heterocycles. The molecule has 0 saturated carbocycles.